The van der Waals surface area contributed by atoms with E-state index in [4.69, 9.17) is 4.98 Å². The van der Waals surface area contributed by atoms with Crippen molar-refractivity contribution in [3.05, 3.63) is 77.5 Å². The molecule has 5 aromatic rings. The molecular formula is C34H35NS. The number of pyridine rings is 1. The van der Waals surface area contributed by atoms with E-state index < -0.39 is 0 Å². The molecule has 2 heteroatoms. The summed E-state index contributed by atoms with van der Waals surface area (Å²) in [6.07, 6.45) is 4.12. The van der Waals surface area contributed by atoms with E-state index in [1.165, 1.54) is 64.4 Å². The van der Waals surface area contributed by atoms with Crippen LogP contribution in [0.2, 0.25) is 0 Å². The van der Waals surface area contributed by atoms with Gasteiger partial charge >= 0.3 is 0 Å². The second-order valence-corrected chi connectivity index (χ2v) is 14.1. The largest absolute Gasteiger partial charge is 0.256 e. The first-order valence-electron chi connectivity index (χ1n) is 13.1. The molecule has 0 bridgehead atoms. The fourth-order valence-electron chi connectivity index (χ4n) is 5.82. The zero-order valence-electron chi connectivity index (χ0n) is 22.5. The van der Waals surface area contributed by atoms with Gasteiger partial charge in [-0.3, -0.25) is 4.98 Å². The summed E-state index contributed by atoms with van der Waals surface area (Å²) in [5, 5.41) is 7.98. The second-order valence-electron chi connectivity index (χ2n) is 13.0. The van der Waals surface area contributed by atoms with Crippen LogP contribution in [0.3, 0.4) is 0 Å². The highest BCUT2D eigenvalue weighted by Crippen LogP contribution is 2.52. The number of nitrogens with zero attached hydrogens (tertiary/aromatic N) is 1. The van der Waals surface area contributed by atoms with Crippen LogP contribution >= 0.6 is 11.8 Å². The number of fused-ring (bicyclic) bond motifs is 5. The Kier molecular flexibility index (Phi) is 5.29. The predicted molar refractivity (Wildman–Crippen MR) is 157 cm³/mol. The minimum Gasteiger partial charge on any atom is -0.256 e. The van der Waals surface area contributed by atoms with Gasteiger partial charge in [0.2, 0.25) is 0 Å². The summed E-state index contributed by atoms with van der Waals surface area (Å²) in [6.45, 7) is 16.2. The molecule has 182 valence electrons. The lowest BCUT2D eigenvalue weighted by Gasteiger charge is -2.27. The normalized spacial score (nSPS) is 13.5. The molecule has 0 spiro atoms. The van der Waals surface area contributed by atoms with Crippen molar-refractivity contribution >= 4 is 44.1 Å². The summed E-state index contributed by atoms with van der Waals surface area (Å²) in [5.74, 6) is 0. The first-order chi connectivity index (χ1) is 17.0. The summed E-state index contributed by atoms with van der Waals surface area (Å²) in [5.41, 5.74) is 7.06. The van der Waals surface area contributed by atoms with Gasteiger partial charge in [-0.1, -0.05) is 95.3 Å². The van der Waals surface area contributed by atoms with E-state index in [-0.39, 0.29) is 10.8 Å². The Morgan fingerprint density at radius 2 is 1.44 bits per heavy atom. The highest BCUT2D eigenvalue weighted by Gasteiger charge is 2.27. The van der Waals surface area contributed by atoms with Gasteiger partial charge in [-0.2, -0.15) is 0 Å². The van der Waals surface area contributed by atoms with E-state index in [0.717, 1.165) is 18.5 Å². The summed E-state index contributed by atoms with van der Waals surface area (Å²) in [6, 6.07) is 21.0. The lowest BCUT2D eigenvalue weighted by Crippen LogP contribution is -2.12. The molecule has 0 unspecified atom stereocenters. The van der Waals surface area contributed by atoms with Crippen LogP contribution in [-0.4, -0.2) is 4.98 Å². The molecule has 0 fully saturated rings. The monoisotopic (exact) mass is 489 g/mol. The third-order valence-electron chi connectivity index (χ3n) is 7.15. The molecule has 2 heterocycles. The van der Waals surface area contributed by atoms with Crippen molar-refractivity contribution in [1.29, 1.82) is 0 Å². The molecule has 1 nitrogen and oxygen atoms in total. The van der Waals surface area contributed by atoms with Crippen LogP contribution in [0.5, 0.6) is 0 Å². The van der Waals surface area contributed by atoms with Crippen molar-refractivity contribution in [2.45, 2.75) is 71.1 Å². The fraction of sp³-hybridized carbons (Fsp3) is 0.324. The number of hydrogen-bond donors (Lipinski definition) is 0. The first kappa shape index (κ1) is 23.6. The summed E-state index contributed by atoms with van der Waals surface area (Å²) < 4.78 is 0. The first-order valence-corrected chi connectivity index (χ1v) is 13.9. The maximum absolute atomic E-state index is 5.01. The zero-order valence-corrected chi connectivity index (χ0v) is 23.4. The lowest BCUT2D eigenvalue weighted by atomic mass is 9.84. The van der Waals surface area contributed by atoms with Gasteiger partial charge in [-0.15, -0.1) is 0 Å². The minimum absolute atomic E-state index is 0.193. The van der Waals surface area contributed by atoms with E-state index in [9.17, 15) is 0 Å². The molecule has 1 aliphatic heterocycles. The molecule has 0 saturated heterocycles. The van der Waals surface area contributed by atoms with E-state index >= 15 is 0 Å². The predicted octanol–water partition coefficient (Wildman–Crippen LogP) is 10.2. The minimum atomic E-state index is 0.193. The highest BCUT2D eigenvalue weighted by molar-refractivity contribution is 8.00. The maximum atomic E-state index is 5.01. The van der Waals surface area contributed by atoms with Gasteiger partial charge in [0.1, 0.15) is 0 Å². The zero-order chi connectivity index (χ0) is 25.4. The molecule has 0 amide bonds. The average Bonchev–Trinajstić information content (AvgIpc) is 2.77. The molecule has 0 saturated carbocycles. The van der Waals surface area contributed by atoms with Gasteiger partial charge in [0.25, 0.3) is 0 Å². The average molecular weight is 490 g/mol. The molecule has 0 atom stereocenters. The summed E-state index contributed by atoms with van der Waals surface area (Å²) in [4.78, 5) is 7.73. The molecule has 6 rings (SSSR count). The Morgan fingerprint density at radius 1 is 0.722 bits per heavy atom. The van der Waals surface area contributed by atoms with Gasteiger partial charge in [0, 0.05) is 26.9 Å². The van der Waals surface area contributed by atoms with E-state index in [1.807, 2.05) is 18.0 Å². The Labute approximate surface area is 219 Å². The van der Waals surface area contributed by atoms with Crippen LogP contribution in [0.4, 0.5) is 0 Å². The molecule has 36 heavy (non-hydrogen) atoms. The fourth-order valence-corrected chi connectivity index (χ4v) is 7.11. The Hall–Kier alpha value is -2.84. The van der Waals surface area contributed by atoms with Crippen LogP contribution in [0.1, 0.15) is 58.2 Å². The van der Waals surface area contributed by atoms with Crippen LogP contribution in [-0.2, 0) is 12.8 Å². The number of aromatic nitrogens is 1. The number of benzene rings is 4. The van der Waals surface area contributed by atoms with Crippen LogP contribution < -0.4 is 0 Å². The summed E-state index contributed by atoms with van der Waals surface area (Å²) >= 11 is 1.96. The third kappa shape index (κ3) is 4.10. The van der Waals surface area contributed by atoms with Crippen molar-refractivity contribution in [2.75, 3.05) is 0 Å². The van der Waals surface area contributed by atoms with Gasteiger partial charge in [0.15, 0.2) is 0 Å². The van der Waals surface area contributed by atoms with Gasteiger partial charge < -0.3 is 0 Å². The van der Waals surface area contributed by atoms with Crippen molar-refractivity contribution in [1.82, 2.24) is 4.98 Å². The smallest absolute Gasteiger partial charge is 0.0803 e. The number of aryl methyl sites for hydroxylation is 1. The lowest BCUT2D eigenvalue weighted by molar-refractivity contribution is 0.410. The topological polar surface area (TPSA) is 12.9 Å². The van der Waals surface area contributed by atoms with Crippen molar-refractivity contribution in [3.63, 3.8) is 0 Å². The van der Waals surface area contributed by atoms with Gasteiger partial charge in [0.05, 0.1) is 5.69 Å². The highest BCUT2D eigenvalue weighted by atomic mass is 32.2. The molecule has 0 N–H and O–H groups in total. The Bertz CT molecular complexity index is 1680. The van der Waals surface area contributed by atoms with E-state index in [2.05, 4.69) is 103 Å². The Morgan fingerprint density at radius 3 is 2.19 bits per heavy atom. The van der Waals surface area contributed by atoms with Crippen molar-refractivity contribution in [2.24, 2.45) is 10.8 Å². The molecule has 1 aromatic heterocycles. The standard InChI is InChI=1S/C34H35NS/c1-20-8-10-25-22(14-20)16-27-31-30-26(12-13-35-31)24-11-9-21(18-33(2,3)4)15-23(24)17-29(30)36-32(27)28(25)19-34(5,6)7/h8-17H,18-19H2,1-7H3. The second kappa shape index (κ2) is 8.08. The molecule has 0 radical (unpaired) electrons. The van der Waals surface area contributed by atoms with Crippen LogP contribution in [0.15, 0.2) is 70.6 Å². The Balaban J connectivity index is 1.65. The van der Waals surface area contributed by atoms with E-state index in [0.29, 0.717) is 0 Å². The molecule has 0 aliphatic carbocycles. The molecule has 4 aromatic carbocycles. The third-order valence-corrected chi connectivity index (χ3v) is 8.36. The van der Waals surface area contributed by atoms with E-state index in [1.54, 1.807) is 0 Å². The van der Waals surface area contributed by atoms with Crippen LogP contribution in [0, 0.1) is 17.8 Å². The molecule has 1 aliphatic rings. The van der Waals surface area contributed by atoms with Gasteiger partial charge in [-0.05, 0) is 86.9 Å². The van der Waals surface area contributed by atoms with Crippen molar-refractivity contribution < 1.29 is 0 Å². The van der Waals surface area contributed by atoms with Crippen LogP contribution in [0.25, 0.3) is 43.6 Å². The maximum Gasteiger partial charge on any atom is 0.0803 e. The SMILES string of the molecule is Cc1ccc2c(CC(C)(C)C)c3c(cc2c1)-c1nccc2c1c(cc1cc(CC(C)(C)C)ccc12)S3. The number of hydrogen-bond acceptors (Lipinski definition) is 2. The van der Waals surface area contributed by atoms with Crippen molar-refractivity contribution in [3.8, 4) is 11.3 Å². The number of rotatable bonds is 2. The molecular weight excluding hydrogens is 454 g/mol. The van der Waals surface area contributed by atoms with Gasteiger partial charge in [-0.25, -0.2) is 0 Å². The summed E-state index contributed by atoms with van der Waals surface area (Å²) in [7, 11) is 0. The quantitative estimate of drug-likeness (QED) is 0.224.